The molecule has 0 saturated carbocycles. The SMILES string of the molecule is C=C(C)C(=O)Nc1ccc(-c2nc3ccccc3s2)cc1. The van der Waals surface area contributed by atoms with Crippen LogP contribution in [0.5, 0.6) is 0 Å². The van der Waals surface area contributed by atoms with Gasteiger partial charge in [0.05, 0.1) is 10.2 Å². The first-order valence-corrected chi connectivity index (χ1v) is 7.38. The quantitative estimate of drug-likeness (QED) is 0.724. The molecule has 104 valence electrons. The number of rotatable bonds is 3. The maximum Gasteiger partial charge on any atom is 0.250 e. The molecule has 4 heteroatoms. The molecule has 2 aromatic carbocycles. The van der Waals surface area contributed by atoms with Gasteiger partial charge in [-0.2, -0.15) is 0 Å². The molecular formula is C17H14N2OS. The summed E-state index contributed by atoms with van der Waals surface area (Å²) in [4.78, 5) is 16.2. The van der Waals surface area contributed by atoms with Crippen LogP contribution in [0.25, 0.3) is 20.8 Å². The van der Waals surface area contributed by atoms with Crippen LogP contribution in [-0.2, 0) is 4.79 Å². The van der Waals surface area contributed by atoms with Crippen LogP contribution in [0.4, 0.5) is 5.69 Å². The van der Waals surface area contributed by atoms with Gasteiger partial charge in [0.1, 0.15) is 5.01 Å². The van der Waals surface area contributed by atoms with E-state index in [0.29, 0.717) is 5.57 Å². The lowest BCUT2D eigenvalue weighted by atomic mass is 10.2. The molecule has 0 spiro atoms. The predicted molar refractivity (Wildman–Crippen MR) is 88.5 cm³/mol. The topological polar surface area (TPSA) is 42.0 Å². The lowest BCUT2D eigenvalue weighted by Gasteiger charge is -2.05. The van der Waals surface area contributed by atoms with Gasteiger partial charge >= 0.3 is 0 Å². The number of nitrogens with zero attached hydrogens (tertiary/aromatic N) is 1. The van der Waals surface area contributed by atoms with Crippen LogP contribution in [0.3, 0.4) is 0 Å². The summed E-state index contributed by atoms with van der Waals surface area (Å²) in [5, 5.41) is 3.77. The molecule has 0 saturated heterocycles. The van der Waals surface area contributed by atoms with Crippen molar-refractivity contribution in [1.29, 1.82) is 0 Å². The Morgan fingerprint density at radius 2 is 1.86 bits per heavy atom. The average molecular weight is 294 g/mol. The van der Waals surface area contributed by atoms with E-state index < -0.39 is 0 Å². The third-order valence-electron chi connectivity index (χ3n) is 3.07. The summed E-state index contributed by atoms with van der Waals surface area (Å²) in [6.45, 7) is 5.31. The van der Waals surface area contributed by atoms with E-state index in [1.807, 2.05) is 42.5 Å². The van der Waals surface area contributed by atoms with E-state index in [9.17, 15) is 4.79 Å². The minimum Gasteiger partial charge on any atom is -0.322 e. The molecule has 0 aliphatic carbocycles. The van der Waals surface area contributed by atoms with Crippen molar-refractivity contribution in [2.24, 2.45) is 0 Å². The molecule has 1 N–H and O–H groups in total. The van der Waals surface area contributed by atoms with Crippen molar-refractivity contribution in [2.75, 3.05) is 5.32 Å². The van der Waals surface area contributed by atoms with Crippen molar-refractivity contribution in [1.82, 2.24) is 4.98 Å². The Morgan fingerprint density at radius 1 is 1.14 bits per heavy atom. The second-order valence-electron chi connectivity index (χ2n) is 4.80. The number of amides is 1. The summed E-state index contributed by atoms with van der Waals surface area (Å²) >= 11 is 1.66. The van der Waals surface area contributed by atoms with Gasteiger partial charge in [0.15, 0.2) is 0 Å². The second kappa shape index (κ2) is 5.50. The van der Waals surface area contributed by atoms with Gasteiger partial charge in [-0.15, -0.1) is 11.3 Å². The van der Waals surface area contributed by atoms with Crippen molar-refractivity contribution in [3.05, 3.63) is 60.7 Å². The highest BCUT2D eigenvalue weighted by molar-refractivity contribution is 7.21. The summed E-state index contributed by atoms with van der Waals surface area (Å²) in [6.07, 6.45) is 0. The first-order chi connectivity index (χ1) is 10.1. The van der Waals surface area contributed by atoms with Crippen molar-refractivity contribution in [2.45, 2.75) is 6.92 Å². The maximum absolute atomic E-state index is 11.6. The Bertz CT molecular complexity index is 785. The summed E-state index contributed by atoms with van der Waals surface area (Å²) in [5.41, 5.74) is 3.31. The molecule has 0 aliphatic rings. The Kier molecular flexibility index (Phi) is 3.54. The molecule has 0 atom stereocenters. The zero-order valence-electron chi connectivity index (χ0n) is 11.6. The normalized spacial score (nSPS) is 10.5. The van der Waals surface area contributed by atoms with E-state index in [2.05, 4.69) is 22.9 Å². The fourth-order valence-electron chi connectivity index (χ4n) is 1.93. The first kappa shape index (κ1) is 13.5. The van der Waals surface area contributed by atoms with Gasteiger partial charge in [0.2, 0.25) is 0 Å². The molecule has 0 aliphatic heterocycles. The molecule has 3 rings (SSSR count). The van der Waals surface area contributed by atoms with Crippen LogP contribution < -0.4 is 5.32 Å². The second-order valence-corrected chi connectivity index (χ2v) is 5.83. The van der Waals surface area contributed by atoms with Crippen LogP contribution >= 0.6 is 11.3 Å². The van der Waals surface area contributed by atoms with Crippen molar-refractivity contribution in [3.63, 3.8) is 0 Å². The third kappa shape index (κ3) is 2.85. The lowest BCUT2D eigenvalue weighted by Crippen LogP contribution is -2.11. The highest BCUT2D eigenvalue weighted by Crippen LogP contribution is 2.30. The number of anilines is 1. The monoisotopic (exact) mass is 294 g/mol. The Balaban J connectivity index is 1.86. The number of carbonyl (C=O) groups is 1. The van der Waals surface area contributed by atoms with Gasteiger partial charge in [-0.1, -0.05) is 18.7 Å². The fraction of sp³-hybridized carbons (Fsp3) is 0.0588. The molecule has 3 nitrogen and oxygen atoms in total. The molecule has 0 unspecified atom stereocenters. The van der Waals surface area contributed by atoms with E-state index in [1.54, 1.807) is 18.3 Å². The van der Waals surface area contributed by atoms with E-state index in [1.165, 1.54) is 4.70 Å². The molecule has 0 bridgehead atoms. The molecule has 0 radical (unpaired) electrons. The molecule has 0 fully saturated rings. The molecule has 1 heterocycles. The molecule has 3 aromatic rings. The number of hydrogen-bond acceptors (Lipinski definition) is 3. The number of benzene rings is 2. The number of nitrogens with one attached hydrogen (secondary N) is 1. The highest BCUT2D eigenvalue weighted by Gasteiger charge is 2.07. The predicted octanol–water partition coefficient (Wildman–Crippen LogP) is 4.48. The first-order valence-electron chi connectivity index (χ1n) is 6.56. The Hall–Kier alpha value is -2.46. The van der Waals surface area contributed by atoms with Gasteiger partial charge in [-0.05, 0) is 43.3 Å². The molecular weight excluding hydrogens is 280 g/mol. The van der Waals surface area contributed by atoms with Gasteiger partial charge in [-0.25, -0.2) is 4.98 Å². The number of hydrogen-bond donors (Lipinski definition) is 1. The molecule has 1 amide bonds. The smallest absolute Gasteiger partial charge is 0.250 e. The molecule has 1 aromatic heterocycles. The van der Waals surface area contributed by atoms with Gasteiger partial charge in [-0.3, -0.25) is 4.79 Å². The van der Waals surface area contributed by atoms with Gasteiger partial charge in [0, 0.05) is 16.8 Å². The minimum atomic E-state index is -0.164. The Morgan fingerprint density at radius 3 is 2.52 bits per heavy atom. The average Bonchev–Trinajstić information content (AvgIpc) is 2.91. The van der Waals surface area contributed by atoms with Crippen LogP contribution in [0.1, 0.15) is 6.92 Å². The zero-order chi connectivity index (χ0) is 14.8. The van der Waals surface area contributed by atoms with Crippen LogP contribution in [0.15, 0.2) is 60.7 Å². The summed E-state index contributed by atoms with van der Waals surface area (Å²) in [5.74, 6) is -0.164. The van der Waals surface area contributed by atoms with Gasteiger partial charge < -0.3 is 5.32 Å². The van der Waals surface area contributed by atoms with Crippen molar-refractivity contribution < 1.29 is 4.79 Å². The standard InChI is InChI=1S/C17H14N2OS/c1-11(2)16(20)18-13-9-7-12(8-10-13)17-19-14-5-3-4-6-15(14)21-17/h3-10H,1H2,2H3,(H,18,20). The fourth-order valence-corrected chi connectivity index (χ4v) is 2.90. The van der Waals surface area contributed by atoms with E-state index >= 15 is 0 Å². The van der Waals surface area contributed by atoms with Crippen molar-refractivity contribution >= 4 is 33.1 Å². The van der Waals surface area contributed by atoms with E-state index in [4.69, 9.17) is 0 Å². The number of thiazole rings is 1. The number of carbonyl (C=O) groups excluding carboxylic acids is 1. The number of fused-ring (bicyclic) bond motifs is 1. The molecule has 21 heavy (non-hydrogen) atoms. The zero-order valence-corrected chi connectivity index (χ0v) is 12.4. The maximum atomic E-state index is 11.6. The number of aromatic nitrogens is 1. The van der Waals surface area contributed by atoms with Crippen molar-refractivity contribution in [3.8, 4) is 10.6 Å². The van der Waals surface area contributed by atoms with Crippen LogP contribution in [0.2, 0.25) is 0 Å². The van der Waals surface area contributed by atoms with E-state index in [-0.39, 0.29) is 5.91 Å². The van der Waals surface area contributed by atoms with Gasteiger partial charge in [0.25, 0.3) is 5.91 Å². The van der Waals surface area contributed by atoms with E-state index in [0.717, 1.165) is 21.8 Å². The third-order valence-corrected chi connectivity index (χ3v) is 4.16. The summed E-state index contributed by atoms with van der Waals surface area (Å²) in [6, 6.07) is 15.8. The van der Waals surface area contributed by atoms with Crippen LogP contribution in [-0.4, -0.2) is 10.9 Å². The lowest BCUT2D eigenvalue weighted by molar-refractivity contribution is -0.112. The Labute approximate surface area is 127 Å². The van der Waals surface area contributed by atoms with Crippen LogP contribution in [0, 0.1) is 0 Å². The highest BCUT2D eigenvalue weighted by atomic mass is 32.1. The number of para-hydroxylation sites is 1. The summed E-state index contributed by atoms with van der Waals surface area (Å²) in [7, 11) is 0. The largest absolute Gasteiger partial charge is 0.322 e. The summed E-state index contributed by atoms with van der Waals surface area (Å²) < 4.78 is 1.17. The minimum absolute atomic E-state index is 0.164.